The van der Waals surface area contributed by atoms with E-state index in [9.17, 15) is 29.8 Å². The topological polar surface area (TPSA) is 142 Å². The van der Waals surface area contributed by atoms with Gasteiger partial charge in [0.25, 0.3) is 5.91 Å². The first-order valence-electron chi connectivity index (χ1n) is 6.34. The van der Waals surface area contributed by atoms with Crippen LogP contribution in [-0.2, 0) is 4.74 Å². The van der Waals surface area contributed by atoms with Gasteiger partial charge in [0.05, 0.1) is 21.3 Å². The predicted octanol–water partition coefficient (Wildman–Crippen LogP) is 3.06. The van der Waals surface area contributed by atoms with Gasteiger partial charge in [0.1, 0.15) is 10.6 Å². The highest BCUT2D eigenvalue weighted by Crippen LogP contribution is 2.35. The van der Waals surface area contributed by atoms with Crippen LogP contribution < -0.4 is 5.32 Å². The van der Waals surface area contributed by atoms with Crippen LogP contribution in [0.1, 0.15) is 27.0 Å². The summed E-state index contributed by atoms with van der Waals surface area (Å²) >= 11 is 1.25. The number of nitrogens with zero attached hydrogens (tertiary/aromatic N) is 2. The van der Waals surface area contributed by atoms with Gasteiger partial charge in [0.2, 0.25) is 0 Å². The Kier molecular flexibility index (Phi) is 5.21. The number of amides is 1. The smallest absolute Gasteiger partial charge is 0.341 e. The molecule has 0 aromatic carbocycles. The quantitative estimate of drug-likeness (QED) is 0.467. The zero-order valence-electron chi connectivity index (χ0n) is 12.0. The molecule has 2 aromatic rings. The summed E-state index contributed by atoms with van der Waals surface area (Å²) in [6.45, 7) is 1.63. The van der Waals surface area contributed by atoms with Crippen molar-refractivity contribution in [3.63, 3.8) is 0 Å². The molecular formula is C12H9N3O7S2. The van der Waals surface area contributed by atoms with Crippen molar-refractivity contribution in [2.24, 2.45) is 0 Å². The summed E-state index contributed by atoms with van der Waals surface area (Å²) in [5, 5.41) is 23.2. The molecule has 0 aliphatic rings. The number of anilines is 1. The Balaban J connectivity index is 2.29. The predicted molar refractivity (Wildman–Crippen MR) is 85.9 cm³/mol. The molecular weight excluding hydrogens is 362 g/mol. The lowest BCUT2D eigenvalue weighted by Crippen LogP contribution is -2.13. The van der Waals surface area contributed by atoms with Crippen LogP contribution >= 0.6 is 22.7 Å². The standard InChI is InChI=1S/C12H9N3O7S2/c1-2-22-12(17)6-5-9(15(20)21)24-11(6)13-10(16)7-3-4-8(23-7)14(18)19/h3-5H,2H2,1H3,(H,13,16). The van der Waals surface area contributed by atoms with Crippen molar-refractivity contribution in [3.05, 3.63) is 48.9 Å². The van der Waals surface area contributed by atoms with Crippen LogP contribution in [0.5, 0.6) is 0 Å². The largest absolute Gasteiger partial charge is 0.462 e. The number of thiophene rings is 2. The molecule has 0 unspecified atom stereocenters. The first-order valence-corrected chi connectivity index (χ1v) is 7.97. The molecule has 24 heavy (non-hydrogen) atoms. The number of nitro groups is 2. The first-order chi connectivity index (χ1) is 11.3. The molecule has 0 saturated carbocycles. The molecule has 0 radical (unpaired) electrons. The molecule has 126 valence electrons. The average molecular weight is 371 g/mol. The molecule has 0 aliphatic heterocycles. The van der Waals surface area contributed by atoms with Crippen LogP contribution in [-0.4, -0.2) is 28.3 Å². The zero-order chi connectivity index (χ0) is 17.9. The van der Waals surface area contributed by atoms with E-state index in [-0.39, 0.29) is 32.1 Å². The van der Waals surface area contributed by atoms with Gasteiger partial charge in [-0.25, -0.2) is 4.79 Å². The van der Waals surface area contributed by atoms with E-state index in [1.54, 1.807) is 6.92 Å². The van der Waals surface area contributed by atoms with Gasteiger partial charge in [0, 0.05) is 12.1 Å². The Labute approximate surface area is 142 Å². The summed E-state index contributed by atoms with van der Waals surface area (Å²) in [4.78, 5) is 44.2. The van der Waals surface area contributed by atoms with Crippen molar-refractivity contribution < 1.29 is 24.2 Å². The molecule has 1 N–H and O–H groups in total. The number of carbonyl (C=O) groups is 2. The van der Waals surface area contributed by atoms with Gasteiger partial charge >= 0.3 is 16.0 Å². The third-order valence-corrected chi connectivity index (χ3v) is 4.65. The second-order valence-corrected chi connectivity index (χ2v) is 6.25. The maximum Gasteiger partial charge on any atom is 0.341 e. The maximum absolute atomic E-state index is 12.1. The molecule has 0 aliphatic carbocycles. The molecule has 0 saturated heterocycles. The highest BCUT2D eigenvalue weighted by atomic mass is 32.1. The molecule has 2 rings (SSSR count). The maximum atomic E-state index is 12.1. The van der Waals surface area contributed by atoms with Gasteiger partial charge in [-0.05, 0) is 24.3 Å². The molecule has 0 spiro atoms. The van der Waals surface area contributed by atoms with Crippen molar-refractivity contribution in [1.29, 1.82) is 0 Å². The van der Waals surface area contributed by atoms with E-state index in [4.69, 9.17) is 4.74 Å². The molecule has 0 bridgehead atoms. The summed E-state index contributed by atoms with van der Waals surface area (Å²) in [6.07, 6.45) is 0. The van der Waals surface area contributed by atoms with Gasteiger partial charge in [-0.2, -0.15) is 0 Å². The van der Waals surface area contributed by atoms with E-state index in [1.165, 1.54) is 12.1 Å². The SMILES string of the molecule is CCOC(=O)c1cc([N+](=O)[O-])sc1NC(=O)c1ccc([N+](=O)[O-])s1. The third-order valence-electron chi connectivity index (χ3n) is 2.62. The van der Waals surface area contributed by atoms with Crippen LogP contribution in [0.15, 0.2) is 18.2 Å². The normalized spacial score (nSPS) is 10.2. The second kappa shape index (κ2) is 7.14. The molecule has 12 heteroatoms. The van der Waals surface area contributed by atoms with Gasteiger partial charge in [-0.3, -0.25) is 25.0 Å². The van der Waals surface area contributed by atoms with Crippen molar-refractivity contribution >= 4 is 49.6 Å². The van der Waals surface area contributed by atoms with E-state index >= 15 is 0 Å². The van der Waals surface area contributed by atoms with Gasteiger partial charge in [0.15, 0.2) is 0 Å². The molecule has 10 nitrogen and oxygen atoms in total. The lowest BCUT2D eigenvalue weighted by molar-refractivity contribution is -0.380. The lowest BCUT2D eigenvalue weighted by Gasteiger charge is -2.04. The van der Waals surface area contributed by atoms with E-state index in [0.29, 0.717) is 22.7 Å². The summed E-state index contributed by atoms with van der Waals surface area (Å²) in [7, 11) is 0. The van der Waals surface area contributed by atoms with E-state index in [1.807, 2.05) is 0 Å². The van der Waals surface area contributed by atoms with Crippen LogP contribution in [0.2, 0.25) is 0 Å². The summed E-state index contributed by atoms with van der Waals surface area (Å²) in [5.74, 6) is -1.52. The fourth-order valence-electron chi connectivity index (χ4n) is 1.63. The molecule has 1 amide bonds. The summed E-state index contributed by atoms with van der Waals surface area (Å²) < 4.78 is 4.79. The van der Waals surface area contributed by atoms with Gasteiger partial charge < -0.3 is 10.1 Å². The highest BCUT2D eigenvalue weighted by Gasteiger charge is 2.25. The van der Waals surface area contributed by atoms with Crippen LogP contribution in [0.3, 0.4) is 0 Å². The van der Waals surface area contributed by atoms with Gasteiger partial charge in [-0.15, -0.1) is 0 Å². The Hall–Kier alpha value is -2.86. The number of ether oxygens (including phenoxy) is 1. The monoisotopic (exact) mass is 371 g/mol. The number of hydrogen-bond donors (Lipinski definition) is 1. The van der Waals surface area contributed by atoms with E-state index < -0.39 is 21.7 Å². The fourth-order valence-corrected chi connectivity index (χ4v) is 3.21. The average Bonchev–Trinajstić information content (AvgIpc) is 3.14. The molecule has 0 atom stereocenters. The van der Waals surface area contributed by atoms with Crippen molar-refractivity contribution in [3.8, 4) is 0 Å². The van der Waals surface area contributed by atoms with Crippen molar-refractivity contribution in [2.75, 3.05) is 11.9 Å². The van der Waals surface area contributed by atoms with Crippen molar-refractivity contribution in [2.45, 2.75) is 6.92 Å². The van der Waals surface area contributed by atoms with Crippen LogP contribution in [0, 0.1) is 20.2 Å². The first kappa shape index (κ1) is 17.5. The van der Waals surface area contributed by atoms with Gasteiger partial charge in [-0.1, -0.05) is 11.3 Å². The Morgan fingerprint density at radius 3 is 2.38 bits per heavy atom. The Morgan fingerprint density at radius 2 is 1.83 bits per heavy atom. The molecule has 2 aromatic heterocycles. The molecule has 0 fully saturated rings. The minimum atomic E-state index is -0.811. The zero-order valence-corrected chi connectivity index (χ0v) is 13.6. The van der Waals surface area contributed by atoms with E-state index in [0.717, 1.165) is 6.07 Å². The third kappa shape index (κ3) is 3.72. The summed E-state index contributed by atoms with van der Waals surface area (Å²) in [5.41, 5.74) is -0.145. The highest BCUT2D eigenvalue weighted by molar-refractivity contribution is 7.20. The fraction of sp³-hybridized carbons (Fsp3) is 0.167. The number of nitrogens with one attached hydrogen (secondary N) is 1. The lowest BCUT2D eigenvalue weighted by atomic mass is 10.3. The number of rotatable bonds is 6. The Morgan fingerprint density at radius 1 is 1.17 bits per heavy atom. The number of hydrogen-bond acceptors (Lipinski definition) is 9. The number of esters is 1. The minimum Gasteiger partial charge on any atom is -0.462 e. The minimum absolute atomic E-state index is 0.0348. The molecule has 2 heterocycles. The van der Waals surface area contributed by atoms with Crippen LogP contribution in [0.4, 0.5) is 15.0 Å². The van der Waals surface area contributed by atoms with Crippen LogP contribution in [0.25, 0.3) is 0 Å². The van der Waals surface area contributed by atoms with Crippen molar-refractivity contribution in [1.82, 2.24) is 0 Å². The van der Waals surface area contributed by atoms with E-state index in [2.05, 4.69) is 5.32 Å². The second-order valence-electron chi connectivity index (χ2n) is 4.15. The number of carbonyl (C=O) groups excluding carboxylic acids is 2. The summed E-state index contributed by atoms with van der Waals surface area (Å²) in [6, 6.07) is 3.43. The Bertz CT molecular complexity index is 826.